The summed E-state index contributed by atoms with van der Waals surface area (Å²) in [5, 5.41) is 0.932. The highest BCUT2D eigenvalue weighted by atomic mass is 35.5. The minimum Gasteiger partial charge on any atom is -0.379 e. The van der Waals surface area contributed by atoms with E-state index in [0.29, 0.717) is 95.3 Å². The Kier molecular flexibility index (Phi) is 12.1. The lowest BCUT2D eigenvalue weighted by molar-refractivity contribution is -0.137. The number of nitrogens with zero attached hydrogens (tertiary/aromatic N) is 2. The van der Waals surface area contributed by atoms with Crippen LogP contribution >= 0.6 is 23.2 Å². The Morgan fingerprint density at radius 1 is 0.771 bits per heavy atom. The van der Waals surface area contributed by atoms with Crippen LogP contribution in [-0.4, -0.2) is 48.3 Å². The predicted molar refractivity (Wildman–Crippen MR) is 183 cm³/mol. The van der Waals surface area contributed by atoms with E-state index in [1.54, 1.807) is 24.3 Å². The molecule has 5 rings (SSSR count). The second kappa shape index (κ2) is 16.4. The molecule has 0 bridgehead atoms. The minimum absolute atomic E-state index is 0.00429. The number of imidazole rings is 1. The van der Waals surface area contributed by atoms with Gasteiger partial charge in [0.1, 0.15) is 5.82 Å². The molecule has 1 heterocycles. The number of carbonyl (C=O) groups excluding carboxylic acids is 1. The van der Waals surface area contributed by atoms with Crippen molar-refractivity contribution >= 4 is 29.0 Å². The molecule has 0 unspecified atom stereocenters. The maximum absolute atomic E-state index is 13.4. The molecule has 0 aliphatic heterocycles. The molecule has 11 heteroatoms. The summed E-state index contributed by atoms with van der Waals surface area (Å²) >= 11 is 13.4. The van der Waals surface area contributed by atoms with Crippen LogP contribution in [0, 0.1) is 0 Å². The zero-order valence-corrected chi connectivity index (χ0v) is 27.5. The van der Waals surface area contributed by atoms with Gasteiger partial charge in [-0.15, -0.1) is 0 Å². The van der Waals surface area contributed by atoms with Gasteiger partial charge < -0.3 is 19.8 Å². The van der Waals surface area contributed by atoms with E-state index < -0.39 is 11.7 Å². The van der Waals surface area contributed by atoms with Gasteiger partial charge in [0.15, 0.2) is 5.78 Å². The summed E-state index contributed by atoms with van der Waals surface area (Å²) in [6.07, 6.45) is -3.57. The van der Waals surface area contributed by atoms with Crippen LogP contribution in [0.15, 0.2) is 97.1 Å². The monoisotopic (exact) mass is 695 g/mol. The molecule has 0 aliphatic carbocycles. The SMILES string of the molecule is NCCOCCOCCCC(=O)c1ccc(Cn2c(-c3ccc(C(F)(F)F)cc3)nc(-c3ccccc3Cl)c2-c2ccccc2Cl)cc1. The van der Waals surface area contributed by atoms with E-state index in [4.69, 9.17) is 43.4 Å². The van der Waals surface area contributed by atoms with Gasteiger partial charge in [-0.25, -0.2) is 4.98 Å². The lowest BCUT2D eigenvalue weighted by Gasteiger charge is -2.15. The molecule has 4 aromatic carbocycles. The number of hydrogen-bond donors (Lipinski definition) is 1. The van der Waals surface area contributed by atoms with Crippen LogP contribution < -0.4 is 5.73 Å². The summed E-state index contributed by atoms with van der Waals surface area (Å²) in [6.45, 7) is 2.58. The van der Waals surface area contributed by atoms with E-state index in [1.165, 1.54) is 12.1 Å². The van der Waals surface area contributed by atoms with Gasteiger partial charge in [-0.05, 0) is 36.2 Å². The fourth-order valence-electron chi connectivity index (χ4n) is 5.27. The highest BCUT2D eigenvalue weighted by Gasteiger charge is 2.31. The van der Waals surface area contributed by atoms with Crippen LogP contribution in [0.3, 0.4) is 0 Å². The standard InChI is InChI=1S/C37H34Cl2F3N3O3/c38-31-8-3-1-6-29(31)34-35(30-7-2-4-9-32(30)39)45(36(44-34)27-15-17-28(18-16-27)37(40,41)42)24-25-11-13-26(14-12-25)33(46)10-5-20-47-22-23-48-21-19-43/h1-4,6-9,11-18H,5,10,19-24,43H2. The number of ether oxygens (including phenoxy) is 2. The Morgan fingerprint density at radius 2 is 1.38 bits per heavy atom. The summed E-state index contributed by atoms with van der Waals surface area (Å²) in [5.74, 6) is 0.428. The van der Waals surface area contributed by atoms with Crippen molar-refractivity contribution in [1.82, 2.24) is 9.55 Å². The molecule has 0 amide bonds. The minimum atomic E-state index is -4.48. The first-order valence-corrected chi connectivity index (χ1v) is 16.2. The summed E-state index contributed by atoms with van der Waals surface area (Å²) in [4.78, 5) is 17.9. The third-order valence-electron chi connectivity index (χ3n) is 7.64. The number of benzene rings is 4. The second-order valence-corrected chi connectivity index (χ2v) is 11.8. The smallest absolute Gasteiger partial charge is 0.379 e. The van der Waals surface area contributed by atoms with Crippen molar-refractivity contribution < 1.29 is 27.4 Å². The summed E-state index contributed by atoms with van der Waals surface area (Å²) < 4.78 is 53.1. The Bertz CT molecular complexity index is 1820. The van der Waals surface area contributed by atoms with Gasteiger partial charge in [-0.3, -0.25) is 4.79 Å². The van der Waals surface area contributed by atoms with Gasteiger partial charge in [-0.2, -0.15) is 13.2 Å². The topological polar surface area (TPSA) is 79.4 Å². The maximum Gasteiger partial charge on any atom is 0.416 e. The molecule has 5 aromatic rings. The first kappa shape index (κ1) is 35.3. The summed E-state index contributed by atoms with van der Waals surface area (Å²) in [7, 11) is 0. The zero-order valence-electron chi connectivity index (χ0n) is 26.0. The van der Waals surface area contributed by atoms with E-state index in [0.717, 1.165) is 17.7 Å². The van der Waals surface area contributed by atoms with Crippen molar-refractivity contribution in [3.8, 4) is 33.9 Å². The van der Waals surface area contributed by atoms with Gasteiger partial charge in [0.05, 0.1) is 41.8 Å². The lowest BCUT2D eigenvalue weighted by atomic mass is 10.0. The Labute approximate surface area is 287 Å². The highest BCUT2D eigenvalue weighted by Crippen LogP contribution is 2.42. The number of aromatic nitrogens is 2. The van der Waals surface area contributed by atoms with Crippen LogP contribution in [0.4, 0.5) is 13.2 Å². The average molecular weight is 697 g/mol. The molecule has 0 fully saturated rings. The fourth-order valence-corrected chi connectivity index (χ4v) is 5.72. The van der Waals surface area contributed by atoms with Gasteiger partial charge in [-0.1, -0.05) is 96.0 Å². The molecule has 0 saturated carbocycles. The Morgan fingerprint density at radius 3 is 1.98 bits per heavy atom. The molecule has 2 N–H and O–H groups in total. The first-order valence-electron chi connectivity index (χ1n) is 15.4. The zero-order chi connectivity index (χ0) is 34.1. The molecule has 0 atom stereocenters. The Hall–Kier alpha value is -3.99. The van der Waals surface area contributed by atoms with Crippen LogP contribution in [0.2, 0.25) is 10.0 Å². The third-order valence-corrected chi connectivity index (χ3v) is 8.30. The van der Waals surface area contributed by atoms with Crippen molar-refractivity contribution in [3.63, 3.8) is 0 Å². The largest absolute Gasteiger partial charge is 0.416 e. The predicted octanol–water partition coefficient (Wildman–Crippen LogP) is 9.21. The number of ketones is 1. The number of hydrogen-bond acceptors (Lipinski definition) is 5. The van der Waals surface area contributed by atoms with Gasteiger partial charge in [0.2, 0.25) is 0 Å². The summed E-state index contributed by atoms with van der Waals surface area (Å²) in [6, 6.07) is 26.7. The van der Waals surface area contributed by atoms with E-state index >= 15 is 0 Å². The second-order valence-electron chi connectivity index (χ2n) is 11.0. The van der Waals surface area contributed by atoms with E-state index in [-0.39, 0.29) is 12.3 Å². The van der Waals surface area contributed by atoms with E-state index in [1.807, 2.05) is 53.1 Å². The van der Waals surface area contributed by atoms with Crippen molar-refractivity contribution in [1.29, 1.82) is 0 Å². The molecule has 0 radical (unpaired) electrons. The first-order chi connectivity index (χ1) is 23.2. The van der Waals surface area contributed by atoms with Crippen LogP contribution in [-0.2, 0) is 22.2 Å². The van der Waals surface area contributed by atoms with Gasteiger partial charge in [0.25, 0.3) is 0 Å². The van der Waals surface area contributed by atoms with Gasteiger partial charge in [0, 0.05) is 53.4 Å². The number of halogens is 5. The Balaban J connectivity index is 1.48. The molecule has 0 spiro atoms. The molecular weight excluding hydrogens is 662 g/mol. The molecule has 0 saturated heterocycles. The van der Waals surface area contributed by atoms with Crippen molar-refractivity contribution in [2.45, 2.75) is 25.6 Å². The summed E-state index contributed by atoms with van der Waals surface area (Å²) in [5.41, 5.74) is 9.04. The molecule has 1 aromatic heterocycles. The number of rotatable bonds is 15. The normalized spacial score (nSPS) is 11.6. The number of nitrogens with two attached hydrogens (primary N) is 1. The highest BCUT2D eigenvalue weighted by molar-refractivity contribution is 6.34. The van der Waals surface area contributed by atoms with Crippen molar-refractivity contribution in [2.24, 2.45) is 5.73 Å². The quantitative estimate of drug-likeness (QED) is 0.0873. The van der Waals surface area contributed by atoms with Crippen LogP contribution in [0.25, 0.3) is 33.9 Å². The van der Waals surface area contributed by atoms with Crippen molar-refractivity contribution in [3.05, 3.63) is 124 Å². The van der Waals surface area contributed by atoms with Crippen LogP contribution in [0.1, 0.15) is 34.3 Å². The van der Waals surface area contributed by atoms with E-state index in [2.05, 4.69) is 0 Å². The maximum atomic E-state index is 13.4. The van der Waals surface area contributed by atoms with Crippen molar-refractivity contribution in [2.75, 3.05) is 33.0 Å². The molecular formula is C37H34Cl2F3N3O3. The fraction of sp³-hybridized carbons (Fsp3) is 0.243. The average Bonchev–Trinajstić information content (AvgIpc) is 3.44. The number of carbonyl (C=O) groups is 1. The number of Topliss-reactive ketones (excluding diaryl/α,β-unsaturated/α-hetero) is 1. The molecule has 48 heavy (non-hydrogen) atoms. The van der Waals surface area contributed by atoms with Crippen LogP contribution in [0.5, 0.6) is 0 Å². The van der Waals surface area contributed by atoms with Gasteiger partial charge >= 0.3 is 6.18 Å². The molecule has 6 nitrogen and oxygen atoms in total. The lowest BCUT2D eigenvalue weighted by Crippen LogP contribution is -2.12. The number of alkyl halides is 3. The molecule has 0 aliphatic rings. The van der Waals surface area contributed by atoms with E-state index in [9.17, 15) is 18.0 Å². The third kappa shape index (κ3) is 8.72. The molecule has 250 valence electrons.